The minimum absolute atomic E-state index is 0.232. The summed E-state index contributed by atoms with van der Waals surface area (Å²) in [5, 5.41) is 10.1. The van der Waals surface area contributed by atoms with Crippen LogP contribution < -0.4 is 4.90 Å². The summed E-state index contributed by atoms with van der Waals surface area (Å²) in [6.07, 6.45) is 0. The zero-order valence-corrected chi connectivity index (χ0v) is 34.8. The highest BCUT2D eigenvalue weighted by Gasteiger charge is 2.36. The average Bonchev–Trinajstić information content (AvgIpc) is 3.55. The maximum atomic E-state index is 2.47. The number of rotatable bonds is 6. The van der Waals surface area contributed by atoms with Crippen LogP contribution in [0.4, 0.5) is 17.1 Å². The van der Waals surface area contributed by atoms with Crippen LogP contribution in [-0.4, -0.2) is 0 Å². The molecule has 11 aromatic rings. The van der Waals surface area contributed by atoms with Gasteiger partial charge in [0.1, 0.15) is 0 Å². The van der Waals surface area contributed by atoms with Crippen molar-refractivity contribution in [3.8, 4) is 44.5 Å². The molecule has 11 aromatic carbocycles. The maximum Gasteiger partial charge on any atom is 0.0540 e. The molecule has 12 rings (SSSR count). The molecule has 0 heterocycles. The number of hydrogen-bond donors (Lipinski definition) is 0. The highest BCUT2D eigenvalue weighted by Crippen LogP contribution is 2.53. The Morgan fingerprint density at radius 2 is 0.823 bits per heavy atom. The lowest BCUT2D eigenvalue weighted by Gasteiger charge is -2.30. The first-order valence-electron chi connectivity index (χ1n) is 21.7. The van der Waals surface area contributed by atoms with Gasteiger partial charge in [0.25, 0.3) is 0 Å². The monoisotopic (exact) mass is 789 g/mol. The Morgan fingerprint density at radius 1 is 0.290 bits per heavy atom. The zero-order chi connectivity index (χ0) is 41.4. The lowest BCUT2D eigenvalue weighted by Crippen LogP contribution is -2.17. The van der Waals surface area contributed by atoms with Crippen LogP contribution in [0.2, 0.25) is 0 Å². The van der Waals surface area contributed by atoms with Gasteiger partial charge in [0.15, 0.2) is 0 Å². The van der Waals surface area contributed by atoms with Crippen molar-refractivity contribution in [2.24, 2.45) is 0 Å². The van der Waals surface area contributed by atoms with Gasteiger partial charge in [-0.25, -0.2) is 0 Å². The molecule has 0 atom stereocenters. The molecule has 292 valence electrons. The van der Waals surface area contributed by atoms with Crippen LogP contribution in [0.5, 0.6) is 0 Å². The average molecular weight is 790 g/mol. The SMILES string of the molecule is CC1(C)c2cc(-c3cc4ccccc4c4ccccc34)ccc2-c2ccc(N(c3ccc4cc5ccccc5cc4c3)c3ccccc3-c3ccc(-c4ccccc4)cc3)cc21. The number of fused-ring (bicyclic) bond motifs is 8. The zero-order valence-electron chi connectivity index (χ0n) is 34.8. The van der Waals surface area contributed by atoms with Crippen LogP contribution in [0.25, 0.3) is 87.6 Å². The van der Waals surface area contributed by atoms with Gasteiger partial charge in [0, 0.05) is 22.4 Å². The van der Waals surface area contributed by atoms with Gasteiger partial charge in [-0.3, -0.25) is 0 Å². The van der Waals surface area contributed by atoms with Crippen molar-refractivity contribution in [1.82, 2.24) is 0 Å². The molecule has 1 aliphatic carbocycles. The molecule has 0 aromatic heterocycles. The fourth-order valence-electron chi connectivity index (χ4n) is 10.2. The summed E-state index contributed by atoms with van der Waals surface area (Å²) in [4.78, 5) is 2.47. The van der Waals surface area contributed by atoms with Crippen LogP contribution in [0.1, 0.15) is 25.0 Å². The van der Waals surface area contributed by atoms with Crippen molar-refractivity contribution < 1.29 is 0 Å². The van der Waals surface area contributed by atoms with Crippen LogP contribution in [0, 0.1) is 0 Å². The van der Waals surface area contributed by atoms with Gasteiger partial charge in [0.2, 0.25) is 0 Å². The minimum Gasteiger partial charge on any atom is -0.310 e. The van der Waals surface area contributed by atoms with Gasteiger partial charge < -0.3 is 4.90 Å². The van der Waals surface area contributed by atoms with E-state index in [0.29, 0.717) is 0 Å². The minimum atomic E-state index is -0.232. The second-order valence-corrected chi connectivity index (χ2v) is 17.3. The van der Waals surface area contributed by atoms with Gasteiger partial charge in [-0.15, -0.1) is 0 Å². The molecule has 0 bridgehead atoms. The summed E-state index contributed by atoms with van der Waals surface area (Å²) >= 11 is 0. The van der Waals surface area contributed by atoms with E-state index in [9.17, 15) is 0 Å². The topological polar surface area (TPSA) is 3.24 Å². The fourth-order valence-corrected chi connectivity index (χ4v) is 10.2. The van der Waals surface area contributed by atoms with Crippen LogP contribution in [0.15, 0.2) is 224 Å². The first-order valence-corrected chi connectivity index (χ1v) is 21.7. The Morgan fingerprint density at radius 3 is 1.61 bits per heavy atom. The lowest BCUT2D eigenvalue weighted by atomic mass is 9.81. The van der Waals surface area contributed by atoms with Crippen LogP contribution >= 0.6 is 0 Å². The Bertz CT molecular complexity index is 3540. The smallest absolute Gasteiger partial charge is 0.0540 e. The van der Waals surface area contributed by atoms with E-state index in [4.69, 9.17) is 0 Å². The first-order chi connectivity index (χ1) is 30.5. The normalized spacial score (nSPS) is 12.8. The van der Waals surface area contributed by atoms with E-state index in [2.05, 4.69) is 243 Å². The molecule has 1 nitrogen and oxygen atoms in total. The molecule has 0 fully saturated rings. The van der Waals surface area contributed by atoms with Crippen molar-refractivity contribution >= 4 is 60.2 Å². The number of nitrogens with zero attached hydrogens (tertiary/aromatic N) is 1. The third-order valence-electron chi connectivity index (χ3n) is 13.4. The number of anilines is 3. The molecule has 1 heteroatoms. The molecule has 0 radical (unpaired) electrons. The van der Waals surface area contributed by atoms with Crippen molar-refractivity contribution in [1.29, 1.82) is 0 Å². The molecule has 0 amide bonds. The van der Waals surface area contributed by atoms with Crippen molar-refractivity contribution in [3.63, 3.8) is 0 Å². The maximum absolute atomic E-state index is 2.47. The van der Waals surface area contributed by atoms with E-state index in [-0.39, 0.29) is 5.41 Å². The summed E-state index contributed by atoms with van der Waals surface area (Å²) in [6.45, 7) is 4.80. The largest absolute Gasteiger partial charge is 0.310 e. The highest BCUT2D eigenvalue weighted by molar-refractivity contribution is 6.14. The number of benzene rings is 11. The van der Waals surface area contributed by atoms with Crippen molar-refractivity contribution in [2.75, 3.05) is 4.90 Å². The van der Waals surface area contributed by atoms with Gasteiger partial charge in [0.05, 0.1) is 5.69 Å². The Balaban J connectivity index is 1.01. The lowest BCUT2D eigenvalue weighted by molar-refractivity contribution is 0.660. The molecule has 62 heavy (non-hydrogen) atoms. The summed E-state index contributed by atoms with van der Waals surface area (Å²) in [6, 6.07) is 83.1. The van der Waals surface area contributed by atoms with E-state index in [1.54, 1.807) is 0 Å². The molecule has 0 aliphatic heterocycles. The molecule has 0 unspecified atom stereocenters. The summed E-state index contributed by atoms with van der Waals surface area (Å²) < 4.78 is 0. The van der Waals surface area contributed by atoms with Gasteiger partial charge >= 0.3 is 0 Å². The Hall–Kier alpha value is -7.74. The van der Waals surface area contributed by atoms with E-state index in [0.717, 1.165) is 17.1 Å². The van der Waals surface area contributed by atoms with Crippen LogP contribution in [0.3, 0.4) is 0 Å². The third kappa shape index (κ3) is 5.85. The molecule has 0 spiro atoms. The highest BCUT2D eigenvalue weighted by atomic mass is 15.1. The Labute approximate surface area is 362 Å². The molecule has 1 aliphatic rings. The second kappa shape index (κ2) is 14.2. The third-order valence-corrected chi connectivity index (χ3v) is 13.4. The van der Waals surface area contributed by atoms with E-state index >= 15 is 0 Å². The fraction of sp³-hybridized carbons (Fsp3) is 0.0492. The molecular formula is C61H43N. The molecule has 0 saturated carbocycles. The Kier molecular flexibility index (Phi) is 8.27. The van der Waals surface area contributed by atoms with Gasteiger partial charge in [-0.2, -0.15) is 0 Å². The van der Waals surface area contributed by atoms with Gasteiger partial charge in [-0.05, 0) is 148 Å². The van der Waals surface area contributed by atoms with Gasteiger partial charge in [-0.1, -0.05) is 184 Å². The number of hydrogen-bond acceptors (Lipinski definition) is 1. The molecular weight excluding hydrogens is 747 g/mol. The predicted molar refractivity (Wildman–Crippen MR) is 265 cm³/mol. The van der Waals surface area contributed by atoms with Crippen molar-refractivity contribution in [3.05, 3.63) is 236 Å². The molecule has 0 saturated heterocycles. The quantitative estimate of drug-likeness (QED) is 0.120. The summed E-state index contributed by atoms with van der Waals surface area (Å²) in [7, 11) is 0. The standard InChI is InChI=1S/C61H43N/c1-61(2)58-38-47(57-37-46-18-8-9-19-51(46)53-21-10-11-22-54(53)57)29-32-55(58)56-33-31-50(39-59(56)61)62(49-30-28-45-34-43-16-6-7-17-44(43)35-48(45)36-49)60-23-13-12-20-52(60)42-26-24-41(25-27-42)40-14-4-3-5-15-40/h3-39H,1-2H3. The second-order valence-electron chi connectivity index (χ2n) is 17.3. The summed E-state index contributed by atoms with van der Waals surface area (Å²) in [5.41, 5.74) is 15.8. The van der Waals surface area contributed by atoms with E-state index in [1.165, 1.54) is 98.7 Å². The molecule has 0 N–H and O–H groups in total. The van der Waals surface area contributed by atoms with Crippen molar-refractivity contribution in [2.45, 2.75) is 19.3 Å². The summed E-state index contributed by atoms with van der Waals surface area (Å²) in [5.74, 6) is 0. The number of para-hydroxylation sites is 1. The first kappa shape index (κ1) is 36.1. The van der Waals surface area contributed by atoms with E-state index < -0.39 is 0 Å². The van der Waals surface area contributed by atoms with Crippen LogP contribution in [-0.2, 0) is 5.41 Å². The van der Waals surface area contributed by atoms with E-state index in [1.807, 2.05) is 0 Å². The predicted octanol–water partition coefficient (Wildman–Crippen LogP) is 17.1.